The largest absolute Gasteiger partial charge is 0.422 e. The van der Waals surface area contributed by atoms with Gasteiger partial charge in [0.05, 0.1) is 11.8 Å². The summed E-state index contributed by atoms with van der Waals surface area (Å²) in [5.41, 5.74) is 0.845. The van der Waals surface area contributed by atoms with Gasteiger partial charge in [0.1, 0.15) is 0 Å². The molecule has 4 heteroatoms. The highest BCUT2D eigenvalue weighted by Gasteiger charge is 2.21. The summed E-state index contributed by atoms with van der Waals surface area (Å²) in [7, 11) is 0. The Hall–Kier alpha value is -1.84. The van der Waals surface area contributed by atoms with Gasteiger partial charge in [-0.1, -0.05) is 53.7 Å². The van der Waals surface area contributed by atoms with Crippen molar-refractivity contribution in [3.05, 3.63) is 23.8 Å². The Bertz CT molecular complexity index is 516. The lowest BCUT2D eigenvalue weighted by atomic mass is 10.0. The molecule has 0 saturated heterocycles. The van der Waals surface area contributed by atoms with Crippen LogP contribution in [-0.4, -0.2) is 11.9 Å². The molecule has 0 aliphatic rings. The molecule has 0 unspecified atom stereocenters. The maximum absolute atomic E-state index is 11.9. The quantitative estimate of drug-likeness (QED) is 0.609. The molecule has 1 aromatic carbocycles. The lowest BCUT2D eigenvalue weighted by Crippen LogP contribution is -2.19. The van der Waals surface area contributed by atoms with E-state index in [-0.39, 0.29) is 29.7 Å². The van der Waals surface area contributed by atoms with Gasteiger partial charge in [0, 0.05) is 5.56 Å². The molecule has 1 rings (SSSR count). The number of hydrogen-bond acceptors (Lipinski definition) is 4. The molecule has 0 bridgehead atoms. The Kier molecular flexibility index (Phi) is 5.94. The number of rotatable bonds is 5. The highest BCUT2D eigenvalue weighted by atomic mass is 16.6. The Morgan fingerprint density at radius 2 is 1.38 bits per heavy atom. The minimum Gasteiger partial charge on any atom is -0.422 e. The summed E-state index contributed by atoms with van der Waals surface area (Å²) in [6, 6.07) is 5.32. The number of hydrogen-bond donors (Lipinski definition) is 0. The van der Waals surface area contributed by atoms with Crippen molar-refractivity contribution in [3.63, 3.8) is 0 Å². The zero-order valence-corrected chi connectivity index (χ0v) is 13.6. The molecule has 0 fully saturated rings. The van der Waals surface area contributed by atoms with E-state index in [2.05, 4.69) is 0 Å². The van der Waals surface area contributed by atoms with Crippen LogP contribution < -0.4 is 9.47 Å². The van der Waals surface area contributed by atoms with Crippen molar-refractivity contribution in [2.24, 2.45) is 11.8 Å². The van der Waals surface area contributed by atoms with Crippen LogP contribution in [0.1, 0.15) is 53.0 Å². The summed E-state index contributed by atoms with van der Waals surface area (Å²) in [5, 5.41) is 0. The number of carbonyl (C=O) groups excluding carboxylic acids is 2. The fourth-order valence-corrected chi connectivity index (χ4v) is 1.62. The molecule has 0 N–H and O–H groups in total. The predicted molar refractivity (Wildman–Crippen MR) is 81.5 cm³/mol. The van der Waals surface area contributed by atoms with E-state index in [0.29, 0.717) is 11.5 Å². The fourth-order valence-electron chi connectivity index (χ4n) is 1.62. The number of benzene rings is 1. The van der Waals surface area contributed by atoms with E-state index in [0.717, 1.165) is 5.56 Å². The second kappa shape index (κ2) is 7.25. The van der Waals surface area contributed by atoms with Gasteiger partial charge >= 0.3 is 11.9 Å². The van der Waals surface area contributed by atoms with Crippen molar-refractivity contribution in [2.75, 3.05) is 0 Å². The normalized spacial score (nSPS) is 11.1. The van der Waals surface area contributed by atoms with Gasteiger partial charge in [-0.15, -0.1) is 0 Å². The second-order valence-electron chi connectivity index (χ2n) is 5.98. The van der Waals surface area contributed by atoms with Gasteiger partial charge in [-0.3, -0.25) is 9.59 Å². The molecule has 0 atom stereocenters. The van der Waals surface area contributed by atoms with Crippen molar-refractivity contribution >= 4 is 11.9 Å². The Morgan fingerprint density at radius 1 is 0.857 bits per heavy atom. The maximum Gasteiger partial charge on any atom is 0.313 e. The zero-order valence-electron chi connectivity index (χ0n) is 13.6. The van der Waals surface area contributed by atoms with Gasteiger partial charge in [0.2, 0.25) is 0 Å². The Balaban J connectivity index is 3.20. The zero-order chi connectivity index (χ0) is 16.2. The molecular weight excluding hydrogens is 268 g/mol. The first kappa shape index (κ1) is 17.2. The highest BCUT2D eigenvalue weighted by Crippen LogP contribution is 2.36. The number of carbonyl (C=O) groups is 2. The van der Waals surface area contributed by atoms with E-state index in [9.17, 15) is 9.59 Å². The summed E-state index contributed by atoms with van der Waals surface area (Å²) in [4.78, 5) is 23.7. The van der Waals surface area contributed by atoms with E-state index < -0.39 is 0 Å². The molecule has 0 heterocycles. The van der Waals surface area contributed by atoms with Crippen LogP contribution in [0, 0.1) is 11.8 Å². The molecule has 0 radical (unpaired) electrons. The van der Waals surface area contributed by atoms with Crippen molar-refractivity contribution in [2.45, 2.75) is 47.5 Å². The van der Waals surface area contributed by atoms with Crippen LogP contribution in [-0.2, 0) is 9.59 Å². The molecule has 0 aliphatic heterocycles. The standard InChI is InChI=1S/C17H24O4/c1-10(2)13-8-7-9-14(20-16(18)11(3)4)15(13)21-17(19)12(5)6/h7-12H,1-6H3. The van der Waals surface area contributed by atoms with E-state index in [1.54, 1.807) is 39.8 Å². The monoisotopic (exact) mass is 292 g/mol. The SMILES string of the molecule is CC(C)C(=O)Oc1cccc(C(C)C)c1OC(=O)C(C)C. The van der Waals surface area contributed by atoms with Gasteiger partial charge in [-0.05, 0) is 12.0 Å². The lowest BCUT2D eigenvalue weighted by Gasteiger charge is -2.18. The van der Waals surface area contributed by atoms with Crippen molar-refractivity contribution in [3.8, 4) is 11.5 Å². The molecule has 1 aromatic rings. The Labute approximate surface area is 126 Å². The number of esters is 2. The van der Waals surface area contributed by atoms with Crippen LogP contribution in [0.25, 0.3) is 0 Å². The molecular formula is C17H24O4. The molecule has 0 aromatic heterocycles. The summed E-state index contributed by atoms with van der Waals surface area (Å²) in [5.74, 6) is -0.394. The summed E-state index contributed by atoms with van der Waals surface area (Å²) < 4.78 is 10.8. The van der Waals surface area contributed by atoms with Gasteiger partial charge in [-0.25, -0.2) is 0 Å². The molecule has 0 amide bonds. The second-order valence-corrected chi connectivity index (χ2v) is 5.98. The minimum absolute atomic E-state index is 0.151. The van der Waals surface area contributed by atoms with Gasteiger partial charge in [0.15, 0.2) is 11.5 Å². The van der Waals surface area contributed by atoms with E-state index in [1.165, 1.54) is 0 Å². The molecule has 0 saturated carbocycles. The molecule has 116 valence electrons. The van der Waals surface area contributed by atoms with E-state index in [1.807, 2.05) is 19.9 Å². The van der Waals surface area contributed by atoms with Crippen molar-refractivity contribution in [1.82, 2.24) is 0 Å². The van der Waals surface area contributed by atoms with E-state index in [4.69, 9.17) is 9.47 Å². The summed E-state index contributed by atoms with van der Waals surface area (Å²) >= 11 is 0. The molecule has 0 aliphatic carbocycles. The van der Waals surface area contributed by atoms with Crippen LogP contribution in [0.2, 0.25) is 0 Å². The average molecular weight is 292 g/mol. The van der Waals surface area contributed by atoms with Gasteiger partial charge < -0.3 is 9.47 Å². The first-order valence-electron chi connectivity index (χ1n) is 7.30. The lowest BCUT2D eigenvalue weighted by molar-refractivity contribution is -0.140. The molecule has 4 nitrogen and oxygen atoms in total. The topological polar surface area (TPSA) is 52.6 Å². The highest BCUT2D eigenvalue weighted by molar-refractivity contribution is 5.78. The third-order valence-electron chi connectivity index (χ3n) is 2.99. The van der Waals surface area contributed by atoms with E-state index >= 15 is 0 Å². The summed E-state index contributed by atoms with van der Waals surface area (Å²) in [6.45, 7) is 11.0. The van der Waals surface area contributed by atoms with Crippen LogP contribution >= 0.6 is 0 Å². The fraction of sp³-hybridized carbons (Fsp3) is 0.529. The molecule has 0 spiro atoms. The average Bonchev–Trinajstić information content (AvgIpc) is 2.39. The first-order valence-corrected chi connectivity index (χ1v) is 7.30. The van der Waals surface area contributed by atoms with Gasteiger partial charge in [0.25, 0.3) is 0 Å². The Morgan fingerprint density at radius 3 is 1.86 bits per heavy atom. The number of ether oxygens (including phenoxy) is 2. The maximum atomic E-state index is 11.9. The van der Waals surface area contributed by atoms with Crippen LogP contribution in [0.5, 0.6) is 11.5 Å². The summed E-state index contributed by atoms with van der Waals surface area (Å²) in [6.07, 6.45) is 0. The van der Waals surface area contributed by atoms with Crippen molar-refractivity contribution < 1.29 is 19.1 Å². The minimum atomic E-state index is -0.349. The first-order chi connectivity index (χ1) is 9.73. The third-order valence-corrected chi connectivity index (χ3v) is 2.99. The van der Waals surface area contributed by atoms with Crippen LogP contribution in [0.3, 0.4) is 0 Å². The molecule has 21 heavy (non-hydrogen) atoms. The van der Waals surface area contributed by atoms with Gasteiger partial charge in [-0.2, -0.15) is 0 Å². The predicted octanol–water partition coefficient (Wildman–Crippen LogP) is 3.93. The smallest absolute Gasteiger partial charge is 0.313 e. The number of para-hydroxylation sites is 1. The van der Waals surface area contributed by atoms with Crippen LogP contribution in [0.15, 0.2) is 18.2 Å². The third kappa shape index (κ3) is 4.59. The van der Waals surface area contributed by atoms with Crippen LogP contribution in [0.4, 0.5) is 0 Å². The van der Waals surface area contributed by atoms with Crippen molar-refractivity contribution in [1.29, 1.82) is 0 Å².